The topological polar surface area (TPSA) is 3.24 Å². The minimum atomic E-state index is 0.818. The fourth-order valence-electron chi connectivity index (χ4n) is 9.22. The van der Waals surface area contributed by atoms with Crippen molar-refractivity contribution in [1.29, 1.82) is 0 Å². The Hall–Kier alpha value is -7.48. The van der Waals surface area contributed by atoms with Crippen LogP contribution in [0.15, 0.2) is 224 Å². The molecule has 1 nitrogen and oxygen atoms in total. The van der Waals surface area contributed by atoms with Gasteiger partial charge in [0.25, 0.3) is 0 Å². The molecule has 0 radical (unpaired) electrons. The smallest absolute Gasteiger partial charge is 0.0464 e. The van der Waals surface area contributed by atoms with Gasteiger partial charge in [0, 0.05) is 17.1 Å². The summed E-state index contributed by atoms with van der Waals surface area (Å²) in [6.45, 7) is 0. The summed E-state index contributed by atoms with van der Waals surface area (Å²) in [4.78, 5) is 2.42. The highest BCUT2D eigenvalue weighted by Crippen LogP contribution is 2.42. The van der Waals surface area contributed by atoms with Crippen molar-refractivity contribution < 1.29 is 0 Å². The lowest BCUT2D eigenvalue weighted by atomic mass is 9.84. The fourth-order valence-corrected chi connectivity index (χ4v) is 9.22. The second kappa shape index (κ2) is 14.8. The monoisotopic (exact) mass is 751 g/mol. The summed E-state index contributed by atoms with van der Waals surface area (Å²) >= 11 is 0. The molecule has 10 aromatic carbocycles. The number of anilines is 3. The first kappa shape index (κ1) is 34.7. The molecule has 0 N–H and O–H groups in total. The first-order valence-electron chi connectivity index (χ1n) is 20.6. The molecule has 0 aromatic heterocycles. The fraction of sp³-hybridized carbons (Fsp3) is 0.0345. The highest BCUT2D eigenvalue weighted by Gasteiger charge is 2.21. The average molecular weight is 752 g/mol. The minimum absolute atomic E-state index is 0.818. The SMILES string of the molecule is c1ccc(-c2ccc(N(c3ccc(-c4ccc5ccc6ccccc6c5c4)cc3)c3ccc4c(c3)Cc3ccccc3-c3ccccc3Cc3ccccc3-4)cc2)cc1. The predicted molar refractivity (Wildman–Crippen MR) is 250 cm³/mol. The quantitative estimate of drug-likeness (QED) is 0.158. The summed E-state index contributed by atoms with van der Waals surface area (Å²) in [5.74, 6) is 0. The van der Waals surface area contributed by atoms with Crippen LogP contribution in [-0.4, -0.2) is 0 Å². The molecule has 0 unspecified atom stereocenters. The number of benzene rings is 10. The standard InChI is InChI=1S/C58H41N/c1-2-12-40(13-3-1)41-26-30-50(31-27-41)59(51-32-28-42(29-33-51)45-25-24-44-23-22-43-14-4-8-18-53(43)58(44)39-45)52-34-35-57-49(38-52)37-48-17-7-10-20-55(48)54-19-9-5-15-46(54)36-47-16-6-11-21-56(47)57/h1-35,38-39H,36-37H2. The van der Waals surface area contributed by atoms with Gasteiger partial charge in [-0.2, -0.15) is 0 Å². The summed E-state index contributed by atoms with van der Waals surface area (Å²) in [6, 6.07) is 82.7. The molecular weight excluding hydrogens is 711 g/mol. The molecule has 10 aromatic rings. The lowest BCUT2D eigenvalue weighted by molar-refractivity contribution is 1.14. The average Bonchev–Trinajstić information content (AvgIpc) is 3.30. The molecule has 0 aliphatic heterocycles. The van der Waals surface area contributed by atoms with Gasteiger partial charge in [0.05, 0.1) is 0 Å². The van der Waals surface area contributed by atoms with Crippen LogP contribution in [0.1, 0.15) is 22.3 Å². The van der Waals surface area contributed by atoms with Gasteiger partial charge in [-0.1, -0.05) is 182 Å². The van der Waals surface area contributed by atoms with Crippen molar-refractivity contribution in [3.05, 3.63) is 247 Å². The first-order chi connectivity index (χ1) is 29.2. The summed E-state index contributed by atoms with van der Waals surface area (Å²) < 4.78 is 0. The van der Waals surface area contributed by atoms with Crippen LogP contribution in [0.25, 0.3) is 66.1 Å². The zero-order valence-electron chi connectivity index (χ0n) is 32.7. The van der Waals surface area contributed by atoms with Gasteiger partial charge in [0.2, 0.25) is 0 Å². The van der Waals surface area contributed by atoms with Crippen molar-refractivity contribution in [2.75, 3.05) is 4.90 Å². The van der Waals surface area contributed by atoms with Gasteiger partial charge in [-0.25, -0.2) is 0 Å². The minimum Gasteiger partial charge on any atom is -0.310 e. The normalized spacial score (nSPS) is 11.9. The number of hydrogen-bond donors (Lipinski definition) is 0. The van der Waals surface area contributed by atoms with E-state index in [2.05, 4.69) is 229 Å². The molecule has 0 bridgehead atoms. The predicted octanol–water partition coefficient (Wildman–Crippen LogP) is 15.6. The van der Waals surface area contributed by atoms with Crippen molar-refractivity contribution in [2.24, 2.45) is 0 Å². The Morgan fingerprint density at radius 2 is 0.678 bits per heavy atom. The Morgan fingerprint density at radius 3 is 1.31 bits per heavy atom. The van der Waals surface area contributed by atoms with E-state index in [-0.39, 0.29) is 0 Å². The second-order valence-electron chi connectivity index (χ2n) is 15.7. The van der Waals surface area contributed by atoms with E-state index < -0.39 is 0 Å². The van der Waals surface area contributed by atoms with Crippen LogP contribution in [0.4, 0.5) is 17.1 Å². The summed E-state index contributed by atoms with van der Waals surface area (Å²) in [5, 5.41) is 5.09. The molecule has 1 aliphatic rings. The molecule has 0 spiro atoms. The lowest BCUT2D eigenvalue weighted by Crippen LogP contribution is -2.11. The Morgan fingerprint density at radius 1 is 0.254 bits per heavy atom. The van der Waals surface area contributed by atoms with Gasteiger partial charge in [0.1, 0.15) is 0 Å². The largest absolute Gasteiger partial charge is 0.310 e. The zero-order chi connectivity index (χ0) is 39.1. The first-order valence-corrected chi connectivity index (χ1v) is 20.6. The molecule has 0 atom stereocenters. The van der Waals surface area contributed by atoms with Crippen molar-refractivity contribution in [3.8, 4) is 44.5 Å². The van der Waals surface area contributed by atoms with E-state index >= 15 is 0 Å². The maximum Gasteiger partial charge on any atom is 0.0464 e. The van der Waals surface area contributed by atoms with Gasteiger partial charge in [-0.15, -0.1) is 0 Å². The third-order valence-corrected chi connectivity index (χ3v) is 12.2. The van der Waals surface area contributed by atoms with Crippen LogP contribution in [0.3, 0.4) is 0 Å². The van der Waals surface area contributed by atoms with E-state index in [0.717, 1.165) is 29.9 Å². The van der Waals surface area contributed by atoms with Crippen LogP contribution >= 0.6 is 0 Å². The van der Waals surface area contributed by atoms with Crippen LogP contribution in [0, 0.1) is 0 Å². The third-order valence-electron chi connectivity index (χ3n) is 12.2. The van der Waals surface area contributed by atoms with E-state index in [1.807, 2.05) is 0 Å². The van der Waals surface area contributed by atoms with Gasteiger partial charge >= 0.3 is 0 Å². The van der Waals surface area contributed by atoms with Crippen LogP contribution in [0.2, 0.25) is 0 Å². The maximum atomic E-state index is 2.43. The highest BCUT2D eigenvalue weighted by molar-refractivity contribution is 6.08. The van der Waals surface area contributed by atoms with Crippen molar-refractivity contribution in [1.82, 2.24) is 0 Å². The molecule has 0 fully saturated rings. The van der Waals surface area contributed by atoms with E-state index in [1.54, 1.807) is 0 Å². The summed E-state index contributed by atoms with van der Waals surface area (Å²) in [5.41, 5.74) is 18.8. The van der Waals surface area contributed by atoms with E-state index in [1.165, 1.54) is 88.3 Å². The zero-order valence-corrected chi connectivity index (χ0v) is 32.7. The summed E-state index contributed by atoms with van der Waals surface area (Å²) in [7, 11) is 0. The Balaban J connectivity index is 1.05. The molecule has 0 heterocycles. The van der Waals surface area contributed by atoms with Crippen molar-refractivity contribution >= 4 is 38.6 Å². The molecule has 278 valence electrons. The molecule has 59 heavy (non-hydrogen) atoms. The van der Waals surface area contributed by atoms with Gasteiger partial charge in [-0.3, -0.25) is 0 Å². The van der Waals surface area contributed by atoms with Gasteiger partial charge in [0.15, 0.2) is 0 Å². The molecular formula is C58H41N. The van der Waals surface area contributed by atoms with Crippen molar-refractivity contribution in [2.45, 2.75) is 12.8 Å². The van der Waals surface area contributed by atoms with Gasteiger partial charge in [-0.05, 0) is 144 Å². The lowest BCUT2D eigenvalue weighted by Gasteiger charge is -2.28. The summed E-state index contributed by atoms with van der Waals surface area (Å²) in [6.07, 6.45) is 1.69. The number of hydrogen-bond acceptors (Lipinski definition) is 1. The number of nitrogens with zero attached hydrogens (tertiary/aromatic N) is 1. The number of rotatable bonds is 5. The molecule has 11 rings (SSSR count). The molecule has 0 saturated carbocycles. The van der Waals surface area contributed by atoms with E-state index in [4.69, 9.17) is 0 Å². The van der Waals surface area contributed by atoms with E-state index in [9.17, 15) is 0 Å². The Bertz CT molecular complexity index is 3140. The van der Waals surface area contributed by atoms with Crippen molar-refractivity contribution in [3.63, 3.8) is 0 Å². The molecule has 0 amide bonds. The second-order valence-corrected chi connectivity index (χ2v) is 15.7. The molecule has 1 aliphatic carbocycles. The third kappa shape index (κ3) is 6.48. The van der Waals surface area contributed by atoms with Crippen LogP contribution in [-0.2, 0) is 12.8 Å². The van der Waals surface area contributed by atoms with Gasteiger partial charge < -0.3 is 4.90 Å². The molecule has 0 saturated heterocycles. The van der Waals surface area contributed by atoms with Crippen LogP contribution in [0.5, 0.6) is 0 Å². The Kier molecular flexibility index (Phi) is 8.71. The Labute approximate surface area is 346 Å². The van der Waals surface area contributed by atoms with E-state index in [0.29, 0.717) is 0 Å². The highest BCUT2D eigenvalue weighted by atomic mass is 15.1. The van der Waals surface area contributed by atoms with Crippen LogP contribution < -0.4 is 4.90 Å². The number of fused-ring (bicyclic) bond motifs is 9. The maximum absolute atomic E-state index is 2.43. The molecule has 1 heteroatoms.